The minimum Gasteiger partial charge on any atom is -0.490 e. The van der Waals surface area contributed by atoms with Crippen LogP contribution in [0.3, 0.4) is 0 Å². The summed E-state index contributed by atoms with van der Waals surface area (Å²) in [6.45, 7) is 1.33. The molecule has 1 saturated heterocycles. The minimum absolute atomic E-state index is 0.0228. The maximum atomic E-state index is 13.2. The summed E-state index contributed by atoms with van der Waals surface area (Å²) in [6, 6.07) is 6.17. The van der Waals surface area contributed by atoms with Crippen molar-refractivity contribution in [2.24, 2.45) is 7.05 Å². The van der Waals surface area contributed by atoms with E-state index in [9.17, 15) is 9.18 Å². The number of aryl methyl sites for hydroxylation is 2. The van der Waals surface area contributed by atoms with Crippen LogP contribution in [0.5, 0.6) is 5.75 Å². The molecule has 1 aromatic heterocycles. The number of carbonyl (C=O) groups excluding carboxylic acids is 1. The van der Waals surface area contributed by atoms with E-state index in [1.165, 1.54) is 12.1 Å². The van der Waals surface area contributed by atoms with Crippen molar-refractivity contribution in [2.45, 2.75) is 31.8 Å². The van der Waals surface area contributed by atoms with E-state index in [1.54, 1.807) is 18.5 Å². The van der Waals surface area contributed by atoms with Crippen LogP contribution in [-0.2, 0) is 18.3 Å². The van der Waals surface area contributed by atoms with Gasteiger partial charge in [-0.05, 0) is 12.1 Å². The number of piperidine rings is 1. The third-order valence-corrected chi connectivity index (χ3v) is 4.26. The van der Waals surface area contributed by atoms with E-state index in [1.807, 2.05) is 16.5 Å². The number of rotatable bonds is 5. The average Bonchev–Trinajstić information content (AvgIpc) is 2.98. The molecule has 0 radical (unpaired) electrons. The predicted octanol–water partition coefficient (Wildman–Crippen LogP) is 1.96. The molecule has 6 nitrogen and oxygen atoms in total. The fraction of sp³-hybridized carbons (Fsp3) is 0.471. The van der Waals surface area contributed by atoms with Gasteiger partial charge in [0.05, 0.1) is 0 Å². The largest absolute Gasteiger partial charge is 0.490 e. The monoisotopic (exact) mass is 332 g/mol. The lowest BCUT2D eigenvalue weighted by atomic mass is 10.1. The zero-order chi connectivity index (χ0) is 16.9. The Labute approximate surface area is 140 Å². The van der Waals surface area contributed by atoms with Crippen molar-refractivity contribution in [3.8, 4) is 5.75 Å². The summed E-state index contributed by atoms with van der Waals surface area (Å²) in [5.74, 6) is 1.18. The van der Waals surface area contributed by atoms with Gasteiger partial charge >= 0.3 is 0 Å². The molecule has 128 valence electrons. The molecule has 1 aliphatic heterocycles. The first-order chi connectivity index (χ1) is 11.6. The van der Waals surface area contributed by atoms with Crippen LogP contribution in [0, 0.1) is 5.82 Å². The van der Waals surface area contributed by atoms with Crippen LogP contribution in [0.2, 0.25) is 0 Å². The number of hydrogen-bond donors (Lipinski definition) is 0. The summed E-state index contributed by atoms with van der Waals surface area (Å²) >= 11 is 0. The van der Waals surface area contributed by atoms with Crippen LogP contribution in [-0.4, -0.2) is 44.8 Å². The Hall–Kier alpha value is -2.44. The summed E-state index contributed by atoms with van der Waals surface area (Å²) in [5.41, 5.74) is 0. The predicted molar refractivity (Wildman–Crippen MR) is 86.0 cm³/mol. The summed E-state index contributed by atoms with van der Waals surface area (Å²) < 4.78 is 20.8. The Balaban J connectivity index is 1.44. The van der Waals surface area contributed by atoms with E-state index in [2.05, 4.69) is 10.2 Å². The van der Waals surface area contributed by atoms with Gasteiger partial charge in [-0.2, -0.15) is 0 Å². The first-order valence-corrected chi connectivity index (χ1v) is 8.14. The van der Waals surface area contributed by atoms with Crippen LogP contribution in [0.25, 0.3) is 0 Å². The highest BCUT2D eigenvalue weighted by Crippen LogP contribution is 2.20. The van der Waals surface area contributed by atoms with E-state index >= 15 is 0 Å². The van der Waals surface area contributed by atoms with Crippen LogP contribution in [0.15, 0.2) is 30.6 Å². The smallest absolute Gasteiger partial charge is 0.223 e. The highest BCUT2D eigenvalue weighted by Gasteiger charge is 2.24. The van der Waals surface area contributed by atoms with Gasteiger partial charge in [0.1, 0.15) is 29.8 Å². The Morgan fingerprint density at radius 3 is 2.83 bits per heavy atom. The molecule has 1 fully saturated rings. The molecule has 0 unspecified atom stereocenters. The van der Waals surface area contributed by atoms with E-state index in [4.69, 9.17) is 4.74 Å². The van der Waals surface area contributed by atoms with Crippen LogP contribution >= 0.6 is 0 Å². The second kappa shape index (κ2) is 7.42. The molecule has 0 bridgehead atoms. The van der Waals surface area contributed by atoms with Crippen molar-refractivity contribution >= 4 is 5.91 Å². The van der Waals surface area contributed by atoms with Gasteiger partial charge in [-0.25, -0.2) is 4.39 Å². The van der Waals surface area contributed by atoms with E-state index in [0.717, 1.165) is 18.7 Å². The van der Waals surface area contributed by atoms with Crippen LogP contribution < -0.4 is 4.74 Å². The quantitative estimate of drug-likeness (QED) is 0.840. The summed E-state index contributed by atoms with van der Waals surface area (Å²) in [7, 11) is 1.87. The molecule has 0 spiro atoms. The Morgan fingerprint density at radius 1 is 1.38 bits per heavy atom. The Morgan fingerprint density at radius 2 is 2.17 bits per heavy atom. The number of ether oxygens (including phenoxy) is 1. The number of amides is 1. The molecular weight excluding hydrogens is 311 g/mol. The molecule has 7 heteroatoms. The normalized spacial score (nSPS) is 15.5. The van der Waals surface area contributed by atoms with Gasteiger partial charge in [0.2, 0.25) is 5.91 Å². The van der Waals surface area contributed by atoms with Gasteiger partial charge < -0.3 is 14.2 Å². The number of likely N-dealkylation sites (tertiary alicyclic amines) is 1. The second-order valence-corrected chi connectivity index (χ2v) is 6.01. The zero-order valence-electron chi connectivity index (χ0n) is 13.7. The minimum atomic E-state index is -0.302. The SMILES string of the molecule is Cn1cnnc1CCC(=O)N1CCC(Oc2cccc(F)c2)CC1. The molecule has 0 atom stereocenters. The average molecular weight is 332 g/mol. The number of carbonyl (C=O) groups is 1. The fourth-order valence-corrected chi connectivity index (χ4v) is 2.87. The third kappa shape index (κ3) is 4.10. The lowest BCUT2D eigenvalue weighted by molar-refractivity contribution is -0.133. The molecule has 0 saturated carbocycles. The van der Waals surface area contributed by atoms with Crippen LogP contribution in [0.1, 0.15) is 25.1 Å². The van der Waals surface area contributed by atoms with Crippen molar-refractivity contribution in [1.82, 2.24) is 19.7 Å². The van der Waals surface area contributed by atoms with Crippen LogP contribution in [0.4, 0.5) is 4.39 Å². The number of halogens is 1. The Bertz CT molecular complexity index is 695. The zero-order valence-corrected chi connectivity index (χ0v) is 13.7. The number of benzene rings is 1. The Kier molecular flexibility index (Phi) is 5.08. The van der Waals surface area contributed by atoms with Gasteiger partial charge in [0.25, 0.3) is 0 Å². The third-order valence-electron chi connectivity index (χ3n) is 4.26. The highest BCUT2D eigenvalue weighted by molar-refractivity contribution is 5.76. The van der Waals surface area contributed by atoms with Gasteiger partial charge in [-0.3, -0.25) is 4.79 Å². The maximum Gasteiger partial charge on any atom is 0.223 e. The standard InChI is InChI=1S/C17H21FN4O2/c1-21-12-19-20-16(21)5-6-17(23)22-9-7-14(8-10-22)24-15-4-2-3-13(18)11-15/h2-4,11-12,14H,5-10H2,1H3. The molecule has 1 aromatic carbocycles. The molecule has 0 N–H and O–H groups in total. The molecule has 2 aromatic rings. The van der Waals surface area contributed by atoms with Crippen molar-refractivity contribution in [3.63, 3.8) is 0 Å². The van der Waals surface area contributed by atoms with Gasteiger partial charge in [-0.15, -0.1) is 10.2 Å². The summed E-state index contributed by atoms with van der Waals surface area (Å²) in [4.78, 5) is 14.2. The van der Waals surface area contributed by atoms with Crippen molar-refractivity contribution < 1.29 is 13.9 Å². The summed E-state index contributed by atoms with van der Waals surface area (Å²) in [6.07, 6.45) is 4.19. The fourth-order valence-electron chi connectivity index (χ4n) is 2.87. The van der Waals surface area contributed by atoms with Gasteiger partial charge in [0, 0.05) is 51.9 Å². The van der Waals surface area contributed by atoms with Crippen molar-refractivity contribution in [2.75, 3.05) is 13.1 Å². The van der Waals surface area contributed by atoms with Gasteiger partial charge in [-0.1, -0.05) is 6.07 Å². The first kappa shape index (κ1) is 16.4. The molecule has 24 heavy (non-hydrogen) atoms. The molecule has 0 aliphatic carbocycles. The first-order valence-electron chi connectivity index (χ1n) is 8.14. The number of aromatic nitrogens is 3. The number of nitrogens with zero attached hydrogens (tertiary/aromatic N) is 4. The number of hydrogen-bond acceptors (Lipinski definition) is 4. The van der Waals surface area contributed by atoms with E-state index in [-0.39, 0.29) is 17.8 Å². The molecule has 2 heterocycles. The lowest BCUT2D eigenvalue weighted by Gasteiger charge is -2.32. The van der Waals surface area contributed by atoms with E-state index in [0.29, 0.717) is 31.7 Å². The topological polar surface area (TPSA) is 60.2 Å². The maximum absolute atomic E-state index is 13.2. The van der Waals surface area contributed by atoms with Gasteiger partial charge in [0.15, 0.2) is 0 Å². The lowest BCUT2D eigenvalue weighted by Crippen LogP contribution is -2.41. The molecule has 1 amide bonds. The van der Waals surface area contributed by atoms with Crippen molar-refractivity contribution in [1.29, 1.82) is 0 Å². The van der Waals surface area contributed by atoms with E-state index < -0.39 is 0 Å². The molecular formula is C17H21FN4O2. The molecule has 3 rings (SSSR count). The highest BCUT2D eigenvalue weighted by atomic mass is 19.1. The second-order valence-electron chi connectivity index (χ2n) is 6.01. The van der Waals surface area contributed by atoms with Crippen molar-refractivity contribution in [3.05, 3.63) is 42.2 Å². The molecule has 1 aliphatic rings. The summed E-state index contributed by atoms with van der Waals surface area (Å²) in [5, 5.41) is 7.80.